The Kier molecular flexibility index (Phi) is 4.80. The smallest absolute Gasteiger partial charge is 0.410 e. The van der Waals surface area contributed by atoms with Crippen LogP contribution in [0.3, 0.4) is 0 Å². The average Bonchev–Trinajstić information content (AvgIpc) is 2.81. The van der Waals surface area contributed by atoms with Crippen LogP contribution in [0, 0.1) is 0 Å². The summed E-state index contributed by atoms with van der Waals surface area (Å²) < 4.78 is 13.2. The van der Waals surface area contributed by atoms with Gasteiger partial charge in [-0.25, -0.2) is 4.79 Å². The van der Waals surface area contributed by atoms with Crippen LogP contribution in [0.25, 0.3) is 0 Å². The molecule has 1 aliphatic heterocycles. The minimum atomic E-state index is -0.451. The van der Waals surface area contributed by atoms with Crippen LogP contribution in [0.1, 0.15) is 46.2 Å². The predicted octanol–water partition coefficient (Wildman–Crippen LogP) is 2.73. The SMILES string of the molecule is Cn1ccc(COC2(C)CCN(C(=O)OC(C)(C)C)CC2)n1. The van der Waals surface area contributed by atoms with E-state index in [-0.39, 0.29) is 11.7 Å². The first-order valence-electron chi connectivity index (χ1n) is 7.77. The van der Waals surface area contributed by atoms with E-state index in [9.17, 15) is 4.79 Å². The number of ether oxygens (including phenoxy) is 2. The van der Waals surface area contributed by atoms with Gasteiger partial charge in [-0.15, -0.1) is 0 Å². The molecule has 2 heterocycles. The van der Waals surface area contributed by atoms with E-state index in [0.29, 0.717) is 19.7 Å². The zero-order valence-corrected chi connectivity index (χ0v) is 14.3. The third kappa shape index (κ3) is 4.73. The molecule has 1 saturated heterocycles. The molecule has 0 N–H and O–H groups in total. The number of hydrogen-bond donors (Lipinski definition) is 0. The van der Waals surface area contributed by atoms with Crippen LogP contribution >= 0.6 is 0 Å². The van der Waals surface area contributed by atoms with Crippen molar-refractivity contribution in [2.75, 3.05) is 13.1 Å². The summed E-state index contributed by atoms with van der Waals surface area (Å²) in [5.74, 6) is 0. The molecule has 1 aromatic rings. The lowest BCUT2D eigenvalue weighted by Gasteiger charge is -2.39. The van der Waals surface area contributed by atoms with Crippen LogP contribution in [0.4, 0.5) is 4.79 Å². The van der Waals surface area contributed by atoms with Gasteiger partial charge in [0.05, 0.1) is 17.9 Å². The van der Waals surface area contributed by atoms with Crippen LogP contribution in [0.15, 0.2) is 12.3 Å². The van der Waals surface area contributed by atoms with Crippen molar-refractivity contribution in [2.45, 2.75) is 58.3 Å². The first-order valence-corrected chi connectivity index (χ1v) is 7.77. The third-order valence-electron chi connectivity index (χ3n) is 3.81. The van der Waals surface area contributed by atoms with E-state index in [4.69, 9.17) is 9.47 Å². The number of likely N-dealkylation sites (tertiary alicyclic amines) is 1. The second-order valence-corrected chi connectivity index (χ2v) is 7.19. The minimum absolute atomic E-state index is 0.212. The van der Waals surface area contributed by atoms with Crippen molar-refractivity contribution in [1.29, 1.82) is 0 Å². The third-order valence-corrected chi connectivity index (χ3v) is 3.81. The molecule has 0 radical (unpaired) electrons. The van der Waals surface area contributed by atoms with E-state index in [1.165, 1.54) is 0 Å². The maximum atomic E-state index is 12.1. The van der Waals surface area contributed by atoms with E-state index in [0.717, 1.165) is 18.5 Å². The van der Waals surface area contributed by atoms with E-state index >= 15 is 0 Å². The summed E-state index contributed by atoms with van der Waals surface area (Å²) >= 11 is 0. The maximum absolute atomic E-state index is 12.1. The van der Waals surface area contributed by atoms with Crippen molar-refractivity contribution >= 4 is 6.09 Å². The standard InChI is InChI=1S/C16H27N3O3/c1-15(2,3)22-14(20)19-10-7-16(4,8-11-19)21-12-13-6-9-18(5)17-13/h6,9H,7-8,10-12H2,1-5H3. The van der Waals surface area contributed by atoms with E-state index in [2.05, 4.69) is 12.0 Å². The molecular formula is C16H27N3O3. The maximum Gasteiger partial charge on any atom is 0.410 e. The Labute approximate surface area is 132 Å². The van der Waals surface area contributed by atoms with Crippen molar-refractivity contribution in [3.8, 4) is 0 Å². The monoisotopic (exact) mass is 309 g/mol. The van der Waals surface area contributed by atoms with Gasteiger partial charge in [-0.1, -0.05) is 0 Å². The van der Waals surface area contributed by atoms with Crippen LogP contribution in [-0.2, 0) is 23.1 Å². The van der Waals surface area contributed by atoms with Crippen molar-refractivity contribution in [2.24, 2.45) is 7.05 Å². The lowest BCUT2D eigenvalue weighted by atomic mass is 9.93. The van der Waals surface area contributed by atoms with Gasteiger partial charge in [0, 0.05) is 26.3 Å². The molecule has 124 valence electrons. The van der Waals surface area contributed by atoms with Gasteiger partial charge in [0.1, 0.15) is 5.60 Å². The van der Waals surface area contributed by atoms with Crippen LogP contribution in [0.2, 0.25) is 0 Å². The molecule has 1 amide bonds. The molecular weight excluding hydrogens is 282 g/mol. The molecule has 6 heteroatoms. The van der Waals surface area contributed by atoms with Crippen LogP contribution in [-0.4, -0.2) is 45.1 Å². The highest BCUT2D eigenvalue weighted by atomic mass is 16.6. The fourth-order valence-corrected chi connectivity index (χ4v) is 2.42. The topological polar surface area (TPSA) is 56.6 Å². The Morgan fingerprint density at radius 1 is 1.36 bits per heavy atom. The van der Waals surface area contributed by atoms with Gasteiger partial charge in [-0.3, -0.25) is 4.68 Å². The minimum Gasteiger partial charge on any atom is -0.444 e. The van der Waals surface area contributed by atoms with Crippen LogP contribution < -0.4 is 0 Å². The second-order valence-electron chi connectivity index (χ2n) is 7.19. The highest BCUT2D eigenvalue weighted by Crippen LogP contribution is 2.27. The first kappa shape index (κ1) is 16.8. The number of amides is 1. The molecule has 2 rings (SSSR count). The van der Waals surface area contributed by atoms with Gasteiger partial charge in [0.15, 0.2) is 0 Å². The number of aromatic nitrogens is 2. The summed E-state index contributed by atoms with van der Waals surface area (Å²) in [7, 11) is 1.89. The molecule has 0 atom stereocenters. The number of hydrogen-bond acceptors (Lipinski definition) is 4. The fraction of sp³-hybridized carbons (Fsp3) is 0.750. The van der Waals surface area contributed by atoms with Gasteiger partial charge >= 0.3 is 6.09 Å². The Balaban J connectivity index is 1.81. The highest BCUT2D eigenvalue weighted by molar-refractivity contribution is 5.68. The first-order chi connectivity index (χ1) is 10.2. The lowest BCUT2D eigenvalue weighted by molar-refractivity contribution is -0.0822. The Morgan fingerprint density at radius 3 is 2.50 bits per heavy atom. The Bertz CT molecular complexity index is 511. The summed E-state index contributed by atoms with van der Waals surface area (Å²) in [5.41, 5.74) is 0.266. The number of carbonyl (C=O) groups excluding carboxylic acids is 1. The van der Waals surface area contributed by atoms with Gasteiger partial charge in [0.2, 0.25) is 0 Å². The quantitative estimate of drug-likeness (QED) is 0.861. The molecule has 0 saturated carbocycles. The molecule has 1 aromatic heterocycles. The normalized spacial score (nSPS) is 18.3. The Morgan fingerprint density at radius 2 is 2.00 bits per heavy atom. The molecule has 0 unspecified atom stereocenters. The number of nitrogens with zero attached hydrogens (tertiary/aromatic N) is 3. The van der Waals surface area contributed by atoms with Crippen molar-refractivity contribution in [3.05, 3.63) is 18.0 Å². The zero-order valence-electron chi connectivity index (χ0n) is 14.3. The van der Waals surface area contributed by atoms with Crippen molar-refractivity contribution in [1.82, 2.24) is 14.7 Å². The molecule has 0 spiro atoms. The molecule has 6 nitrogen and oxygen atoms in total. The molecule has 0 aromatic carbocycles. The predicted molar refractivity (Wildman–Crippen MR) is 83.4 cm³/mol. The summed E-state index contributed by atoms with van der Waals surface area (Å²) in [6.07, 6.45) is 3.28. The van der Waals surface area contributed by atoms with E-state index in [1.54, 1.807) is 9.58 Å². The van der Waals surface area contributed by atoms with Gasteiger partial charge in [0.25, 0.3) is 0 Å². The largest absolute Gasteiger partial charge is 0.444 e. The molecule has 0 aliphatic carbocycles. The number of piperidine rings is 1. The van der Waals surface area contributed by atoms with Crippen molar-refractivity contribution < 1.29 is 14.3 Å². The fourth-order valence-electron chi connectivity index (χ4n) is 2.42. The molecule has 22 heavy (non-hydrogen) atoms. The number of aryl methyl sites for hydroxylation is 1. The summed E-state index contributed by atoms with van der Waals surface area (Å²) in [5, 5.41) is 4.32. The zero-order chi connectivity index (χ0) is 16.4. The molecule has 0 bridgehead atoms. The van der Waals surface area contributed by atoms with Gasteiger partial charge < -0.3 is 14.4 Å². The number of carbonyl (C=O) groups is 1. The van der Waals surface area contributed by atoms with E-state index < -0.39 is 5.60 Å². The summed E-state index contributed by atoms with van der Waals surface area (Å²) in [4.78, 5) is 13.8. The summed E-state index contributed by atoms with van der Waals surface area (Å²) in [6.45, 7) is 9.58. The number of rotatable bonds is 3. The van der Waals surface area contributed by atoms with Gasteiger partial charge in [-0.2, -0.15) is 5.10 Å². The lowest BCUT2D eigenvalue weighted by Crippen LogP contribution is -2.47. The van der Waals surface area contributed by atoms with Gasteiger partial charge in [-0.05, 0) is 46.6 Å². The highest BCUT2D eigenvalue weighted by Gasteiger charge is 2.34. The second kappa shape index (κ2) is 6.28. The Hall–Kier alpha value is -1.56. The van der Waals surface area contributed by atoms with E-state index in [1.807, 2.05) is 40.1 Å². The average molecular weight is 309 g/mol. The summed E-state index contributed by atoms with van der Waals surface area (Å²) in [6, 6.07) is 1.96. The molecule has 1 fully saturated rings. The van der Waals surface area contributed by atoms with Crippen LogP contribution in [0.5, 0.6) is 0 Å². The molecule has 1 aliphatic rings. The van der Waals surface area contributed by atoms with Crippen molar-refractivity contribution in [3.63, 3.8) is 0 Å².